The van der Waals surface area contributed by atoms with Gasteiger partial charge in [0.2, 0.25) is 0 Å². The van der Waals surface area contributed by atoms with Gasteiger partial charge >= 0.3 is 0 Å². The van der Waals surface area contributed by atoms with E-state index in [9.17, 15) is 4.79 Å². The minimum Gasteiger partial charge on any atom is -0.339 e. The van der Waals surface area contributed by atoms with Crippen molar-refractivity contribution in [2.75, 3.05) is 39.8 Å². The van der Waals surface area contributed by atoms with Crippen molar-refractivity contribution in [2.24, 2.45) is 0 Å². The normalized spacial score (nSPS) is 25.7. The van der Waals surface area contributed by atoms with Crippen molar-refractivity contribution in [3.05, 3.63) is 18.0 Å². The van der Waals surface area contributed by atoms with E-state index in [1.54, 1.807) is 0 Å². The van der Waals surface area contributed by atoms with Crippen molar-refractivity contribution >= 4 is 5.91 Å². The summed E-state index contributed by atoms with van der Waals surface area (Å²) in [5.41, 5.74) is 0.569. The van der Waals surface area contributed by atoms with Crippen molar-refractivity contribution in [3.8, 4) is 0 Å². The average Bonchev–Trinajstić information content (AvgIpc) is 3.24. The third kappa shape index (κ3) is 3.75. The molecule has 1 aromatic rings. The van der Waals surface area contributed by atoms with E-state index in [4.69, 9.17) is 0 Å². The maximum absolute atomic E-state index is 12.6. The van der Waals surface area contributed by atoms with Gasteiger partial charge in [-0.05, 0) is 51.4 Å². The Morgan fingerprint density at radius 3 is 3.04 bits per heavy atom. The fourth-order valence-electron chi connectivity index (χ4n) is 3.83. The summed E-state index contributed by atoms with van der Waals surface area (Å²) < 4.78 is 1.96. The van der Waals surface area contributed by atoms with Gasteiger partial charge in [-0.25, -0.2) is 0 Å². The number of piperidine rings is 1. The molecule has 0 spiro atoms. The van der Waals surface area contributed by atoms with Gasteiger partial charge in [-0.15, -0.1) is 0 Å². The zero-order chi connectivity index (χ0) is 16.2. The number of carbonyl (C=O) groups is 1. The van der Waals surface area contributed by atoms with Gasteiger partial charge in [0, 0.05) is 32.4 Å². The average molecular weight is 319 g/mol. The molecule has 0 aliphatic carbocycles. The lowest BCUT2D eigenvalue weighted by atomic mass is 10.1. The van der Waals surface area contributed by atoms with Crippen LogP contribution in [0.1, 0.15) is 49.1 Å². The highest BCUT2D eigenvalue weighted by Gasteiger charge is 2.27. The minimum absolute atomic E-state index is 0.0375. The molecule has 0 radical (unpaired) electrons. The largest absolute Gasteiger partial charge is 0.339 e. The third-order valence-electron chi connectivity index (χ3n) is 5.21. The summed E-state index contributed by atoms with van der Waals surface area (Å²) in [7, 11) is 1.90. The molecule has 1 aromatic heterocycles. The lowest BCUT2D eigenvalue weighted by Crippen LogP contribution is -2.41. The molecule has 2 atom stereocenters. The van der Waals surface area contributed by atoms with Gasteiger partial charge in [-0.2, -0.15) is 5.10 Å². The number of likely N-dealkylation sites (N-methyl/N-ethyl adjacent to an activating group) is 2. The van der Waals surface area contributed by atoms with Crippen LogP contribution >= 0.6 is 0 Å². The van der Waals surface area contributed by atoms with Crippen LogP contribution in [0.2, 0.25) is 0 Å². The Morgan fingerprint density at radius 2 is 2.30 bits per heavy atom. The topological polar surface area (TPSA) is 53.4 Å². The number of likely N-dealkylation sites (tertiary alicyclic amines) is 1. The van der Waals surface area contributed by atoms with Crippen LogP contribution < -0.4 is 5.32 Å². The molecule has 2 aliphatic heterocycles. The van der Waals surface area contributed by atoms with Crippen molar-refractivity contribution in [1.82, 2.24) is 24.9 Å². The Hall–Kier alpha value is -1.40. The fourth-order valence-corrected chi connectivity index (χ4v) is 3.83. The van der Waals surface area contributed by atoms with Crippen LogP contribution in [0.25, 0.3) is 0 Å². The quantitative estimate of drug-likeness (QED) is 0.890. The first-order valence-electron chi connectivity index (χ1n) is 8.94. The van der Waals surface area contributed by atoms with Crippen molar-refractivity contribution in [1.29, 1.82) is 0 Å². The Bertz CT molecular complexity index is 523. The standard InChI is InChI=1S/C17H29N5O/c1-3-21-10-5-7-15(21)13-20(2)17(23)16-8-11-22(19-16)14-6-4-9-18-12-14/h8,11,14-15,18H,3-7,9-10,12-13H2,1-2H3. The third-order valence-corrected chi connectivity index (χ3v) is 5.21. The highest BCUT2D eigenvalue weighted by molar-refractivity contribution is 5.92. The first-order chi connectivity index (χ1) is 11.2. The van der Waals surface area contributed by atoms with Crippen molar-refractivity contribution in [3.63, 3.8) is 0 Å². The molecule has 2 fully saturated rings. The van der Waals surface area contributed by atoms with Crippen molar-refractivity contribution in [2.45, 2.75) is 44.7 Å². The molecule has 0 bridgehead atoms. The monoisotopic (exact) mass is 319 g/mol. The van der Waals surface area contributed by atoms with Crippen LogP contribution in [0.3, 0.4) is 0 Å². The zero-order valence-corrected chi connectivity index (χ0v) is 14.4. The van der Waals surface area contributed by atoms with Crippen molar-refractivity contribution < 1.29 is 4.79 Å². The SMILES string of the molecule is CCN1CCCC1CN(C)C(=O)c1ccn(C2CCCNC2)n1. The fraction of sp³-hybridized carbons (Fsp3) is 0.765. The van der Waals surface area contributed by atoms with E-state index < -0.39 is 0 Å². The van der Waals surface area contributed by atoms with Crippen LogP contribution in [-0.2, 0) is 0 Å². The van der Waals surface area contributed by atoms with E-state index in [1.807, 2.05) is 28.9 Å². The predicted molar refractivity (Wildman–Crippen MR) is 90.6 cm³/mol. The lowest BCUT2D eigenvalue weighted by Gasteiger charge is -2.27. The number of aromatic nitrogens is 2. The van der Waals surface area contributed by atoms with Crippen LogP contribution in [0.4, 0.5) is 0 Å². The molecule has 23 heavy (non-hydrogen) atoms. The smallest absolute Gasteiger partial charge is 0.274 e. The van der Waals surface area contributed by atoms with E-state index in [0.29, 0.717) is 17.8 Å². The molecule has 0 aromatic carbocycles. The van der Waals surface area contributed by atoms with E-state index in [-0.39, 0.29) is 5.91 Å². The van der Waals surface area contributed by atoms with Gasteiger partial charge in [0.1, 0.15) is 5.69 Å². The Kier molecular flexibility index (Phi) is 5.33. The molecule has 3 heterocycles. The van der Waals surface area contributed by atoms with E-state index in [2.05, 4.69) is 22.2 Å². The van der Waals surface area contributed by atoms with Crippen LogP contribution in [-0.4, -0.2) is 71.3 Å². The molecule has 1 N–H and O–H groups in total. The summed E-state index contributed by atoms with van der Waals surface area (Å²) >= 11 is 0. The summed E-state index contributed by atoms with van der Waals surface area (Å²) in [5, 5.41) is 7.93. The van der Waals surface area contributed by atoms with Gasteiger partial charge in [0.05, 0.1) is 6.04 Å². The van der Waals surface area contributed by atoms with Gasteiger partial charge in [-0.1, -0.05) is 6.92 Å². The molecule has 2 saturated heterocycles. The number of hydrogen-bond acceptors (Lipinski definition) is 4. The molecule has 2 aliphatic rings. The minimum atomic E-state index is 0.0375. The molecule has 2 unspecified atom stereocenters. The summed E-state index contributed by atoms with van der Waals surface area (Å²) in [5.74, 6) is 0.0375. The molecule has 3 rings (SSSR count). The molecule has 1 amide bonds. The lowest BCUT2D eigenvalue weighted by molar-refractivity contribution is 0.0747. The van der Waals surface area contributed by atoms with E-state index in [0.717, 1.165) is 39.1 Å². The summed E-state index contributed by atoms with van der Waals surface area (Å²) in [6, 6.07) is 2.74. The highest BCUT2D eigenvalue weighted by Crippen LogP contribution is 2.19. The van der Waals surface area contributed by atoms with Gasteiger partial charge < -0.3 is 10.2 Å². The summed E-state index contributed by atoms with van der Waals surface area (Å²) in [4.78, 5) is 16.9. The number of amides is 1. The first kappa shape index (κ1) is 16.5. The number of nitrogens with zero attached hydrogens (tertiary/aromatic N) is 4. The molecule has 0 saturated carbocycles. The second-order valence-corrected chi connectivity index (χ2v) is 6.79. The van der Waals surface area contributed by atoms with Crippen LogP contribution in [0, 0.1) is 0 Å². The Labute approximate surface area is 138 Å². The molecule has 6 nitrogen and oxygen atoms in total. The first-order valence-corrected chi connectivity index (χ1v) is 8.94. The van der Waals surface area contributed by atoms with E-state index >= 15 is 0 Å². The molecule has 128 valence electrons. The van der Waals surface area contributed by atoms with Crippen LogP contribution in [0.5, 0.6) is 0 Å². The van der Waals surface area contributed by atoms with Gasteiger partial charge in [0.15, 0.2) is 0 Å². The molecular weight excluding hydrogens is 290 g/mol. The summed E-state index contributed by atoms with van der Waals surface area (Å²) in [6.07, 6.45) is 6.68. The maximum Gasteiger partial charge on any atom is 0.274 e. The number of rotatable bonds is 5. The number of hydrogen-bond donors (Lipinski definition) is 1. The maximum atomic E-state index is 12.6. The van der Waals surface area contributed by atoms with Gasteiger partial charge in [-0.3, -0.25) is 14.4 Å². The highest BCUT2D eigenvalue weighted by atomic mass is 16.2. The second kappa shape index (κ2) is 7.45. The van der Waals surface area contributed by atoms with E-state index in [1.165, 1.54) is 19.3 Å². The van der Waals surface area contributed by atoms with Gasteiger partial charge in [0.25, 0.3) is 5.91 Å². The number of nitrogens with one attached hydrogen (secondary N) is 1. The predicted octanol–water partition coefficient (Wildman–Crippen LogP) is 1.36. The Morgan fingerprint density at radius 1 is 1.43 bits per heavy atom. The zero-order valence-electron chi connectivity index (χ0n) is 14.4. The number of carbonyl (C=O) groups excluding carboxylic acids is 1. The summed E-state index contributed by atoms with van der Waals surface area (Å²) in [6.45, 7) is 7.24. The molecular formula is C17H29N5O. The Balaban J connectivity index is 1.59. The second-order valence-electron chi connectivity index (χ2n) is 6.79. The molecule has 6 heteroatoms. The van der Waals surface area contributed by atoms with Crippen LogP contribution in [0.15, 0.2) is 12.3 Å².